The predicted octanol–water partition coefficient (Wildman–Crippen LogP) is 0.267. The Hall–Kier alpha value is -2.15. The molecule has 1 fully saturated rings. The summed E-state index contributed by atoms with van der Waals surface area (Å²) in [6.45, 7) is 6.62. The van der Waals surface area contributed by atoms with Gasteiger partial charge >= 0.3 is 0 Å². The van der Waals surface area contributed by atoms with Gasteiger partial charge in [-0.15, -0.1) is 5.10 Å². The Balaban J connectivity index is 1.88. The largest absolute Gasteiger partial charge is 0.364 e. The van der Waals surface area contributed by atoms with Gasteiger partial charge in [0.05, 0.1) is 5.56 Å². The van der Waals surface area contributed by atoms with Crippen molar-refractivity contribution in [1.29, 1.82) is 0 Å². The molecule has 0 saturated carbocycles. The first-order valence-corrected chi connectivity index (χ1v) is 6.74. The van der Waals surface area contributed by atoms with Gasteiger partial charge in [-0.3, -0.25) is 9.89 Å². The fourth-order valence-electron chi connectivity index (χ4n) is 2.39. The van der Waals surface area contributed by atoms with Crippen LogP contribution in [0.2, 0.25) is 0 Å². The van der Waals surface area contributed by atoms with Crippen molar-refractivity contribution in [1.82, 2.24) is 25.5 Å². The molecule has 0 aliphatic carbocycles. The van der Waals surface area contributed by atoms with Gasteiger partial charge in [-0.1, -0.05) is 0 Å². The number of pyridine rings is 1. The van der Waals surface area contributed by atoms with Gasteiger partial charge in [-0.05, 0) is 13.8 Å². The zero-order chi connectivity index (χ0) is 14.1. The Morgan fingerprint density at radius 2 is 2.30 bits per heavy atom. The van der Waals surface area contributed by atoms with Gasteiger partial charge < -0.3 is 15.2 Å². The molecule has 0 spiro atoms. The third-order valence-electron chi connectivity index (χ3n) is 3.44. The summed E-state index contributed by atoms with van der Waals surface area (Å²) in [5.41, 5.74) is 1.28. The van der Waals surface area contributed by atoms with Gasteiger partial charge in [0.2, 0.25) is 5.95 Å². The summed E-state index contributed by atoms with van der Waals surface area (Å²) in [4.78, 5) is 21.5. The number of hydrogen-bond donors (Lipinski definition) is 3. The average Bonchev–Trinajstić information content (AvgIpc) is 2.88. The van der Waals surface area contributed by atoms with Crippen LogP contribution in [0.1, 0.15) is 12.6 Å². The van der Waals surface area contributed by atoms with E-state index in [1.54, 1.807) is 12.3 Å². The highest BCUT2D eigenvalue weighted by Crippen LogP contribution is 2.15. The molecule has 7 heteroatoms. The first kappa shape index (κ1) is 12.9. The maximum absolute atomic E-state index is 11.9. The number of rotatable bonds is 2. The van der Waals surface area contributed by atoms with Gasteiger partial charge in [-0.25, -0.2) is 0 Å². The third kappa shape index (κ3) is 2.44. The Bertz CT molecular complexity index is 661. The van der Waals surface area contributed by atoms with Gasteiger partial charge in [0.1, 0.15) is 0 Å². The molecule has 1 aliphatic heterocycles. The number of nitrogens with one attached hydrogen (secondary N) is 3. The normalized spacial score (nSPS) is 19.3. The van der Waals surface area contributed by atoms with Crippen LogP contribution in [-0.4, -0.2) is 45.8 Å². The summed E-state index contributed by atoms with van der Waals surface area (Å²) in [6, 6.07) is 1.97. The van der Waals surface area contributed by atoms with Crippen LogP contribution in [0.3, 0.4) is 0 Å². The average molecular weight is 274 g/mol. The summed E-state index contributed by atoms with van der Waals surface area (Å²) >= 11 is 0. The van der Waals surface area contributed by atoms with E-state index in [4.69, 9.17) is 0 Å². The lowest BCUT2D eigenvalue weighted by Gasteiger charge is -2.30. The quantitative estimate of drug-likeness (QED) is 0.731. The van der Waals surface area contributed by atoms with E-state index in [9.17, 15) is 4.79 Å². The van der Waals surface area contributed by atoms with Crippen molar-refractivity contribution in [3.05, 3.63) is 28.2 Å². The van der Waals surface area contributed by atoms with Crippen molar-refractivity contribution >= 4 is 5.95 Å². The maximum Gasteiger partial charge on any atom is 0.245 e. The van der Waals surface area contributed by atoms with Crippen molar-refractivity contribution in [2.24, 2.45) is 0 Å². The lowest BCUT2D eigenvalue weighted by molar-refractivity contribution is 0.480. The minimum Gasteiger partial charge on any atom is -0.364 e. The molecule has 1 unspecified atom stereocenters. The number of anilines is 1. The van der Waals surface area contributed by atoms with Gasteiger partial charge in [-0.2, -0.15) is 4.98 Å². The van der Waals surface area contributed by atoms with Crippen LogP contribution in [-0.2, 0) is 0 Å². The summed E-state index contributed by atoms with van der Waals surface area (Å²) in [5.74, 6) is 1.15. The fourth-order valence-corrected chi connectivity index (χ4v) is 2.39. The number of nitrogens with zero attached hydrogens (tertiary/aromatic N) is 3. The van der Waals surface area contributed by atoms with Crippen molar-refractivity contribution in [2.75, 3.05) is 24.5 Å². The highest BCUT2D eigenvalue weighted by molar-refractivity contribution is 5.55. The SMILES string of the molecule is Cc1cc(=O)c(-c2nc(N3CCNC(C)C3)n[nH]2)c[nH]1. The van der Waals surface area contributed by atoms with Gasteiger partial charge in [0.15, 0.2) is 11.3 Å². The Kier molecular flexibility index (Phi) is 3.27. The molecular weight excluding hydrogens is 256 g/mol. The van der Waals surface area contributed by atoms with E-state index in [-0.39, 0.29) is 5.43 Å². The second-order valence-corrected chi connectivity index (χ2v) is 5.18. The van der Waals surface area contributed by atoms with E-state index in [2.05, 4.69) is 37.3 Å². The van der Waals surface area contributed by atoms with E-state index < -0.39 is 0 Å². The Morgan fingerprint density at radius 1 is 1.45 bits per heavy atom. The molecule has 3 N–H and O–H groups in total. The smallest absolute Gasteiger partial charge is 0.245 e. The van der Waals surface area contributed by atoms with Crippen LogP contribution in [0.5, 0.6) is 0 Å². The van der Waals surface area contributed by atoms with E-state index in [0.29, 0.717) is 23.4 Å². The van der Waals surface area contributed by atoms with E-state index >= 15 is 0 Å². The summed E-state index contributed by atoms with van der Waals surface area (Å²) in [5, 5.41) is 10.4. The molecule has 106 valence electrons. The number of aromatic amines is 2. The monoisotopic (exact) mass is 274 g/mol. The van der Waals surface area contributed by atoms with Crippen molar-refractivity contribution in [3.63, 3.8) is 0 Å². The molecule has 0 amide bonds. The molecule has 3 rings (SSSR count). The molecule has 1 saturated heterocycles. The third-order valence-corrected chi connectivity index (χ3v) is 3.44. The maximum atomic E-state index is 11.9. The number of aryl methyl sites for hydroxylation is 1. The summed E-state index contributed by atoms with van der Waals surface area (Å²) in [7, 11) is 0. The van der Waals surface area contributed by atoms with Crippen LogP contribution < -0.4 is 15.6 Å². The summed E-state index contributed by atoms with van der Waals surface area (Å²) in [6.07, 6.45) is 1.67. The Labute approximate surface area is 116 Å². The van der Waals surface area contributed by atoms with Crippen LogP contribution in [0, 0.1) is 6.92 Å². The molecular formula is C13H18N6O. The fraction of sp³-hybridized carbons (Fsp3) is 0.462. The van der Waals surface area contributed by atoms with Crippen LogP contribution in [0.25, 0.3) is 11.4 Å². The highest BCUT2D eigenvalue weighted by Gasteiger charge is 2.20. The zero-order valence-corrected chi connectivity index (χ0v) is 11.6. The molecule has 0 aromatic carbocycles. The zero-order valence-electron chi connectivity index (χ0n) is 11.6. The van der Waals surface area contributed by atoms with Gasteiger partial charge in [0.25, 0.3) is 0 Å². The second kappa shape index (κ2) is 5.09. The number of hydrogen-bond acceptors (Lipinski definition) is 5. The standard InChI is InChI=1S/C13H18N6O/c1-8-5-11(20)10(6-15-8)12-16-13(18-17-12)19-4-3-14-9(2)7-19/h5-6,9,14H,3-4,7H2,1-2H3,(H,15,20)(H,16,17,18). The van der Waals surface area contributed by atoms with E-state index in [1.165, 1.54) is 0 Å². The highest BCUT2D eigenvalue weighted by atomic mass is 16.1. The number of H-pyrrole nitrogens is 2. The van der Waals surface area contributed by atoms with Crippen molar-refractivity contribution in [2.45, 2.75) is 19.9 Å². The first-order valence-electron chi connectivity index (χ1n) is 6.74. The molecule has 3 heterocycles. The molecule has 1 aliphatic rings. The van der Waals surface area contributed by atoms with E-state index in [1.807, 2.05) is 6.92 Å². The number of aromatic nitrogens is 4. The summed E-state index contributed by atoms with van der Waals surface area (Å²) < 4.78 is 0. The molecule has 0 bridgehead atoms. The number of piperazine rings is 1. The lowest BCUT2D eigenvalue weighted by Crippen LogP contribution is -2.49. The lowest BCUT2D eigenvalue weighted by atomic mass is 10.2. The predicted molar refractivity (Wildman–Crippen MR) is 76.9 cm³/mol. The second-order valence-electron chi connectivity index (χ2n) is 5.18. The van der Waals surface area contributed by atoms with Crippen LogP contribution in [0.4, 0.5) is 5.95 Å². The first-order chi connectivity index (χ1) is 9.63. The van der Waals surface area contributed by atoms with Crippen LogP contribution >= 0.6 is 0 Å². The van der Waals surface area contributed by atoms with Crippen LogP contribution in [0.15, 0.2) is 17.1 Å². The topological polar surface area (TPSA) is 89.7 Å². The van der Waals surface area contributed by atoms with Crippen molar-refractivity contribution in [3.8, 4) is 11.4 Å². The minimum absolute atomic E-state index is 0.0578. The van der Waals surface area contributed by atoms with Gasteiger partial charge in [0, 0.05) is 43.6 Å². The molecule has 20 heavy (non-hydrogen) atoms. The van der Waals surface area contributed by atoms with Crippen molar-refractivity contribution < 1.29 is 0 Å². The molecule has 7 nitrogen and oxygen atoms in total. The molecule has 1 atom stereocenters. The van der Waals surface area contributed by atoms with E-state index in [0.717, 1.165) is 25.3 Å². The molecule has 0 radical (unpaired) electrons. The molecule has 2 aromatic rings. The minimum atomic E-state index is -0.0578. The Morgan fingerprint density at radius 3 is 3.05 bits per heavy atom. The molecule has 2 aromatic heterocycles.